The summed E-state index contributed by atoms with van der Waals surface area (Å²) in [5.74, 6) is 0.878. The number of aliphatic carboxylic acids is 1. The van der Waals surface area contributed by atoms with Gasteiger partial charge in [-0.25, -0.2) is 0 Å². The minimum absolute atomic E-state index is 0.381. The van der Waals surface area contributed by atoms with Crippen LogP contribution in [0.4, 0.5) is 6.01 Å². The van der Waals surface area contributed by atoms with Gasteiger partial charge in [0.15, 0.2) is 5.76 Å². The van der Waals surface area contributed by atoms with Crippen molar-refractivity contribution in [1.82, 2.24) is 9.97 Å². The van der Waals surface area contributed by atoms with Gasteiger partial charge in [0.05, 0.1) is 5.92 Å². The molecular weight excluding hydrogens is 406 g/mol. The molecule has 3 heterocycles. The van der Waals surface area contributed by atoms with Crippen molar-refractivity contribution < 1.29 is 19.1 Å². The Morgan fingerprint density at radius 3 is 2.47 bits per heavy atom. The summed E-state index contributed by atoms with van der Waals surface area (Å²) in [5, 5.41) is 9.33. The molecule has 0 saturated carbocycles. The monoisotopic (exact) mass is 427 g/mol. The second-order valence-electron chi connectivity index (χ2n) is 7.63. The highest BCUT2D eigenvalue weighted by Crippen LogP contribution is 2.37. The summed E-state index contributed by atoms with van der Waals surface area (Å²) in [6, 6.07) is 21.4. The Hall–Kier alpha value is -4.13. The van der Waals surface area contributed by atoms with Gasteiger partial charge < -0.3 is 19.2 Å². The van der Waals surface area contributed by atoms with E-state index >= 15 is 0 Å². The van der Waals surface area contributed by atoms with Gasteiger partial charge >= 0.3 is 5.97 Å². The Bertz CT molecular complexity index is 1210. The normalized spacial score (nSPS) is 15.6. The quantitative estimate of drug-likeness (QED) is 0.457. The zero-order valence-electron chi connectivity index (χ0n) is 17.2. The van der Waals surface area contributed by atoms with Crippen LogP contribution in [0, 0.1) is 5.92 Å². The molecule has 2 aromatic carbocycles. The van der Waals surface area contributed by atoms with Crippen molar-refractivity contribution in [2.24, 2.45) is 5.92 Å². The van der Waals surface area contributed by atoms with Gasteiger partial charge in [-0.3, -0.25) is 9.78 Å². The lowest BCUT2D eigenvalue weighted by molar-refractivity contribution is -0.140. The SMILES string of the molecule is O=C(O)C1CCN(c2nc(-c3ccc(Oc4ccccc4)cc3)c(-c3cccnc3)o2)C1. The minimum atomic E-state index is -0.791. The predicted molar refractivity (Wildman–Crippen MR) is 120 cm³/mol. The van der Waals surface area contributed by atoms with Gasteiger partial charge in [0.2, 0.25) is 0 Å². The Morgan fingerprint density at radius 2 is 1.78 bits per heavy atom. The van der Waals surface area contributed by atoms with Crippen LogP contribution in [0.5, 0.6) is 11.5 Å². The Kier molecular flexibility index (Phi) is 5.29. The first-order chi connectivity index (χ1) is 15.7. The number of pyridine rings is 1. The summed E-state index contributed by atoms with van der Waals surface area (Å²) in [6.07, 6.45) is 4.00. The van der Waals surface area contributed by atoms with Crippen molar-refractivity contribution in [2.75, 3.05) is 18.0 Å². The fourth-order valence-electron chi connectivity index (χ4n) is 3.77. The molecular formula is C25H21N3O4. The molecule has 1 saturated heterocycles. The van der Waals surface area contributed by atoms with Crippen molar-refractivity contribution in [3.8, 4) is 34.1 Å². The van der Waals surface area contributed by atoms with Gasteiger partial charge in [-0.1, -0.05) is 18.2 Å². The van der Waals surface area contributed by atoms with Crippen LogP contribution in [0.2, 0.25) is 0 Å². The average molecular weight is 427 g/mol. The highest BCUT2D eigenvalue weighted by Gasteiger charge is 2.31. The van der Waals surface area contributed by atoms with E-state index in [-0.39, 0.29) is 0 Å². The van der Waals surface area contributed by atoms with Crippen LogP contribution in [0.15, 0.2) is 83.5 Å². The van der Waals surface area contributed by atoms with Crippen LogP contribution in [0.1, 0.15) is 6.42 Å². The number of anilines is 1. The molecule has 4 aromatic rings. The van der Waals surface area contributed by atoms with Crippen molar-refractivity contribution in [2.45, 2.75) is 6.42 Å². The average Bonchev–Trinajstić information content (AvgIpc) is 3.49. The van der Waals surface area contributed by atoms with Crippen LogP contribution in [-0.4, -0.2) is 34.1 Å². The molecule has 1 fully saturated rings. The summed E-state index contributed by atoms with van der Waals surface area (Å²) in [6.45, 7) is 0.971. The molecule has 160 valence electrons. The lowest BCUT2D eigenvalue weighted by Crippen LogP contribution is -2.22. The van der Waals surface area contributed by atoms with E-state index in [1.807, 2.05) is 71.6 Å². The largest absolute Gasteiger partial charge is 0.481 e. The zero-order chi connectivity index (χ0) is 21.9. The number of rotatable bonds is 6. The summed E-state index contributed by atoms with van der Waals surface area (Å²) < 4.78 is 12.0. The lowest BCUT2D eigenvalue weighted by Gasteiger charge is -2.11. The number of aromatic nitrogens is 2. The molecule has 0 spiro atoms. The zero-order valence-corrected chi connectivity index (χ0v) is 17.2. The molecule has 5 rings (SSSR count). The number of hydrogen-bond donors (Lipinski definition) is 1. The number of oxazole rings is 1. The minimum Gasteiger partial charge on any atom is -0.481 e. The smallest absolute Gasteiger partial charge is 0.308 e. The molecule has 1 aliphatic rings. The third-order valence-corrected chi connectivity index (χ3v) is 5.45. The summed E-state index contributed by atoms with van der Waals surface area (Å²) in [7, 11) is 0. The van der Waals surface area contributed by atoms with E-state index in [1.165, 1.54) is 0 Å². The molecule has 1 aliphatic heterocycles. The lowest BCUT2D eigenvalue weighted by atomic mass is 10.1. The molecule has 0 radical (unpaired) electrons. The topological polar surface area (TPSA) is 88.7 Å². The Morgan fingerprint density at radius 1 is 1.00 bits per heavy atom. The maximum absolute atomic E-state index is 11.4. The molecule has 32 heavy (non-hydrogen) atoms. The maximum Gasteiger partial charge on any atom is 0.308 e. The first kappa shape index (κ1) is 19.8. The van der Waals surface area contributed by atoms with Crippen LogP contribution < -0.4 is 9.64 Å². The van der Waals surface area contributed by atoms with E-state index in [0.29, 0.717) is 37.0 Å². The Balaban J connectivity index is 1.47. The van der Waals surface area contributed by atoms with Crippen LogP contribution in [-0.2, 0) is 4.79 Å². The molecule has 7 heteroatoms. The molecule has 1 unspecified atom stereocenters. The van der Waals surface area contributed by atoms with Gasteiger partial charge in [0, 0.05) is 36.6 Å². The number of carboxylic acids is 1. The van der Waals surface area contributed by atoms with E-state index in [2.05, 4.69) is 4.98 Å². The summed E-state index contributed by atoms with van der Waals surface area (Å²) in [4.78, 5) is 22.2. The number of nitrogens with zero attached hydrogens (tertiary/aromatic N) is 3. The number of carboxylic acid groups (broad SMARTS) is 1. The van der Waals surface area contributed by atoms with E-state index in [9.17, 15) is 9.90 Å². The van der Waals surface area contributed by atoms with E-state index in [4.69, 9.17) is 14.1 Å². The highest BCUT2D eigenvalue weighted by molar-refractivity contribution is 5.78. The third kappa shape index (κ3) is 4.05. The fraction of sp³-hybridized carbons (Fsp3) is 0.160. The van der Waals surface area contributed by atoms with Crippen molar-refractivity contribution >= 4 is 12.0 Å². The molecule has 7 nitrogen and oxygen atoms in total. The molecule has 1 atom stereocenters. The van der Waals surface area contributed by atoms with Gasteiger partial charge in [-0.2, -0.15) is 4.98 Å². The van der Waals surface area contributed by atoms with E-state index < -0.39 is 11.9 Å². The second-order valence-corrected chi connectivity index (χ2v) is 7.63. The molecule has 1 N–H and O–H groups in total. The van der Waals surface area contributed by atoms with E-state index in [0.717, 1.165) is 22.6 Å². The molecule has 0 amide bonds. The highest BCUT2D eigenvalue weighted by atomic mass is 16.5. The van der Waals surface area contributed by atoms with Crippen molar-refractivity contribution in [1.29, 1.82) is 0 Å². The summed E-state index contributed by atoms with van der Waals surface area (Å²) >= 11 is 0. The third-order valence-electron chi connectivity index (χ3n) is 5.45. The number of para-hydroxylation sites is 1. The first-order valence-corrected chi connectivity index (χ1v) is 10.4. The van der Waals surface area contributed by atoms with Gasteiger partial charge in [0.25, 0.3) is 6.01 Å². The first-order valence-electron chi connectivity index (χ1n) is 10.4. The molecule has 0 bridgehead atoms. The van der Waals surface area contributed by atoms with Crippen LogP contribution in [0.25, 0.3) is 22.6 Å². The van der Waals surface area contributed by atoms with Crippen molar-refractivity contribution in [3.05, 3.63) is 79.1 Å². The standard InChI is InChI=1S/C25H21N3O4/c29-24(30)19-12-14-28(16-19)25-27-22(23(32-25)18-5-4-13-26-15-18)17-8-10-21(11-9-17)31-20-6-2-1-3-7-20/h1-11,13,15,19H,12,14,16H2,(H,29,30). The summed E-state index contributed by atoms with van der Waals surface area (Å²) in [5.41, 5.74) is 2.35. The number of benzene rings is 2. The maximum atomic E-state index is 11.4. The molecule has 0 aliphatic carbocycles. The predicted octanol–water partition coefficient (Wildman–Crippen LogP) is 5.11. The van der Waals surface area contributed by atoms with Gasteiger partial charge in [-0.05, 0) is 55.0 Å². The second kappa shape index (κ2) is 8.55. The van der Waals surface area contributed by atoms with Crippen LogP contribution in [0.3, 0.4) is 0 Å². The Labute approximate surface area is 184 Å². The van der Waals surface area contributed by atoms with Crippen LogP contribution >= 0.6 is 0 Å². The van der Waals surface area contributed by atoms with E-state index in [1.54, 1.807) is 12.4 Å². The van der Waals surface area contributed by atoms with Crippen molar-refractivity contribution in [3.63, 3.8) is 0 Å². The molecule has 2 aromatic heterocycles. The number of ether oxygens (including phenoxy) is 1. The fourth-order valence-corrected chi connectivity index (χ4v) is 3.77. The van der Waals surface area contributed by atoms with Gasteiger partial charge in [0.1, 0.15) is 17.2 Å². The van der Waals surface area contributed by atoms with Gasteiger partial charge in [-0.15, -0.1) is 0 Å². The number of hydrogen-bond acceptors (Lipinski definition) is 6. The number of carbonyl (C=O) groups is 1.